The van der Waals surface area contributed by atoms with Crippen LogP contribution in [0.25, 0.3) is 16.6 Å². The first kappa shape index (κ1) is 19.6. The summed E-state index contributed by atoms with van der Waals surface area (Å²) < 4.78 is 7.04. The van der Waals surface area contributed by atoms with Gasteiger partial charge in [-0.2, -0.15) is 4.52 Å². The summed E-state index contributed by atoms with van der Waals surface area (Å²) in [6, 6.07) is 5.74. The number of aryl methyl sites for hydroxylation is 1. The Balaban J connectivity index is 1.44. The third-order valence-corrected chi connectivity index (χ3v) is 6.06. The monoisotopic (exact) mass is 418 g/mol. The second kappa shape index (κ2) is 6.84. The molecule has 0 bridgehead atoms. The fraction of sp³-hybridized carbons (Fsp3) is 0.409. The summed E-state index contributed by atoms with van der Waals surface area (Å²) in [5, 5.41) is 5.53. The van der Waals surface area contributed by atoms with Crippen molar-refractivity contribution < 1.29 is 4.74 Å². The molecule has 1 fully saturated rings. The number of anilines is 1. The van der Waals surface area contributed by atoms with Gasteiger partial charge in [0.05, 0.1) is 35.9 Å². The zero-order valence-corrected chi connectivity index (χ0v) is 18.1. The van der Waals surface area contributed by atoms with Crippen molar-refractivity contribution >= 4 is 22.5 Å². The number of ether oxygens (including phenoxy) is 1. The molecule has 0 radical (unpaired) electrons. The summed E-state index contributed by atoms with van der Waals surface area (Å²) in [5.74, 6) is 2.33. The van der Waals surface area contributed by atoms with Crippen LogP contribution in [0.1, 0.15) is 61.4 Å². The molecule has 4 N–H and O–H groups in total. The van der Waals surface area contributed by atoms with Crippen molar-refractivity contribution in [3.8, 4) is 5.75 Å². The van der Waals surface area contributed by atoms with Crippen molar-refractivity contribution in [2.75, 3.05) is 12.8 Å². The number of nitrogens with zero attached hydrogens (tertiary/aromatic N) is 6. The van der Waals surface area contributed by atoms with Crippen LogP contribution < -0.4 is 16.2 Å². The van der Waals surface area contributed by atoms with Crippen molar-refractivity contribution in [2.45, 2.75) is 51.0 Å². The average Bonchev–Trinajstić information content (AvgIpc) is 3.13. The van der Waals surface area contributed by atoms with Gasteiger partial charge in [-0.15, -0.1) is 5.10 Å². The fourth-order valence-corrected chi connectivity index (χ4v) is 4.23. The minimum Gasteiger partial charge on any atom is -0.494 e. The van der Waals surface area contributed by atoms with Crippen LogP contribution >= 0.6 is 0 Å². The lowest BCUT2D eigenvalue weighted by atomic mass is 9.72. The first-order valence-corrected chi connectivity index (χ1v) is 10.4. The summed E-state index contributed by atoms with van der Waals surface area (Å²) in [6.07, 6.45) is 3.64. The molecule has 5 rings (SSSR count). The smallest absolute Gasteiger partial charge is 0.223 e. The molecule has 31 heavy (non-hydrogen) atoms. The number of hydrogen-bond acceptors (Lipinski definition) is 8. The van der Waals surface area contributed by atoms with Crippen molar-refractivity contribution in [3.05, 3.63) is 47.3 Å². The SMILES string of the molecule is COc1cccc2c1nc(N)n1nc(C3CC(c4ncc(C(C)(C)N)nc4C)C3)nc21. The first-order chi connectivity index (χ1) is 14.8. The van der Waals surface area contributed by atoms with E-state index in [1.807, 2.05) is 39.0 Å². The molecule has 9 nitrogen and oxygen atoms in total. The fourth-order valence-electron chi connectivity index (χ4n) is 4.23. The Kier molecular flexibility index (Phi) is 4.33. The second-order valence-corrected chi connectivity index (χ2v) is 8.84. The van der Waals surface area contributed by atoms with Gasteiger partial charge in [-0.25, -0.2) is 9.97 Å². The maximum atomic E-state index is 6.17. The molecule has 0 saturated heterocycles. The second-order valence-electron chi connectivity index (χ2n) is 8.84. The number of benzene rings is 1. The van der Waals surface area contributed by atoms with E-state index >= 15 is 0 Å². The molecule has 0 aliphatic heterocycles. The summed E-state index contributed by atoms with van der Waals surface area (Å²) >= 11 is 0. The highest BCUT2D eigenvalue weighted by molar-refractivity contribution is 5.95. The topological polar surface area (TPSA) is 130 Å². The van der Waals surface area contributed by atoms with Crippen molar-refractivity contribution in [1.82, 2.24) is 29.5 Å². The van der Waals surface area contributed by atoms with Gasteiger partial charge < -0.3 is 16.2 Å². The number of para-hydroxylation sites is 1. The third kappa shape index (κ3) is 3.16. The molecule has 3 heterocycles. The number of aromatic nitrogens is 6. The van der Waals surface area contributed by atoms with E-state index in [0.29, 0.717) is 28.8 Å². The van der Waals surface area contributed by atoms with E-state index in [1.165, 1.54) is 0 Å². The Morgan fingerprint density at radius 2 is 1.90 bits per heavy atom. The van der Waals surface area contributed by atoms with E-state index in [2.05, 4.69) is 20.1 Å². The van der Waals surface area contributed by atoms with Crippen molar-refractivity contribution in [2.24, 2.45) is 5.73 Å². The lowest BCUT2D eigenvalue weighted by molar-refractivity contribution is 0.329. The molecule has 0 atom stereocenters. The lowest BCUT2D eigenvalue weighted by Gasteiger charge is -2.33. The van der Waals surface area contributed by atoms with Gasteiger partial charge in [-0.1, -0.05) is 6.07 Å². The van der Waals surface area contributed by atoms with Crippen LogP contribution in [-0.2, 0) is 5.54 Å². The highest BCUT2D eigenvalue weighted by atomic mass is 16.5. The van der Waals surface area contributed by atoms with Gasteiger partial charge in [-0.3, -0.25) is 9.97 Å². The van der Waals surface area contributed by atoms with Crippen LogP contribution in [0.5, 0.6) is 5.75 Å². The molecule has 1 aliphatic carbocycles. The van der Waals surface area contributed by atoms with E-state index in [9.17, 15) is 0 Å². The van der Waals surface area contributed by atoms with Crippen LogP contribution in [0, 0.1) is 6.92 Å². The Hall–Kier alpha value is -3.33. The minimum atomic E-state index is -0.502. The molecule has 160 valence electrons. The predicted molar refractivity (Wildman–Crippen MR) is 118 cm³/mol. The number of fused-ring (bicyclic) bond motifs is 3. The zero-order chi connectivity index (χ0) is 21.9. The summed E-state index contributed by atoms with van der Waals surface area (Å²) in [6.45, 7) is 5.87. The van der Waals surface area contributed by atoms with E-state index in [1.54, 1.807) is 17.8 Å². The molecular formula is C22H26N8O. The van der Waals surface area contributed by atoms with E-state index in [4.69, 9.17) is 21.2 Å². The van der Waals surface area contributed by atoms with Crippen LogP contribution in [0.2, 0.25) is 0 Å². The van der Waals surface area contributed by atoms with E-state index in [-0.39, 0.29) is 5.92 Å². The van der Waals surface area contributed by atoms with Gasteiger partial charge in [0.2, 0.25) is 5.95 Å². The zero-order valence-electron chi connectivity index (χ0n) is 18.1. The molecule has 0 unspecified atom stereocenters. The number of methoxy groups -OCH3 is 1. The lowest BCUT2D eigenvalue weighted by Crippen LogP contribution is -2.31. The summed E-state index contributed by atoms with van der Waals surface area (Å²) in [7, 11) is 1.62. The third-order valence-electron chi connectivity index (χ3n) is 6.06. The average molecular weight is 419 g/mol. The number of nitrogens with two attached hydrogens (primary N) is 2. The largest absolute Gasteiger partial charge is 0.494 e. The molecule has 4 aromatic rings. The van der Waals surface area contributed by atoms with E-state index < -0.39 is 5.54 Å². The quantitative estimate of drug-likeness (QED) is 0.517. The number of rotatable bonds is 4. The summed E-state index contributed by atoms with van der Waals surface area (Å²) in [4.78, 5) is 18.7. The van der Waals surface area contributed by atoms with Crippen LogP contribution in [0.15, 0.2) is 24.4 Å². The summed E-state index contributed by atoms with van der Waals surface area (Å²) in [5.41, 5.74) is 16.0. The van der Waals surface area contributed by atoms with Crippen LogP contribution in [0.3, 0.4) is 0 Å². The van der Waals surface area contributed by atoms with Crippen molar-refractivity contribution in [1.29, 1.82) is 0 Å². The Bertz CT molecular complexity index is 1300. The molecule has 0 amide bonds. The standard InChI is InChI=1S/C22H26N8O/c1-11-17(25-10-16(26-11)22(2,3)24)12-8-13(9-12)19-28-20-14-6-5-7-15(31-4)18(14)27-21(23)30(20)29-19/h5-7,10,12-13H,8-9,24H2,1-4H3,(H2,23,27). The van der Waals surface area contributed by atoms with Gasteiger partial charge in [0.25, 0.3) is 0 Å². The van der Waals surface area contributed by atoms with Gasteiger partial charge in [0, 0.05) is 17.2 Å². The molecule has 1 aliphatic rings. The normalized spacial score (nSPS) is 19.0. The molecular weight excluding hydrogens is 392 g/mol. The van der Waals surface area contributed by atoms with Gasteiger partial charge in [-0.05, 0) is 45.7 Å². The molecule has 0 spiro atoms. The molecule has 1 aromatic carbocycles. The Labute approximate surface area is 179 Å². The van der Waals surface area contributed by atoms with Gasteiger partial charge in [0.15, 0.2) is 11.5 Å². The van der Waals surface area contributed by atoms with E-state index in [0.717, 1.165) is 41.1 Å². The van der Waals surface area contributed by atoms with Crippen LogP contribution in [-0.4, -0.2) is 36.7 Å². The Morgan fingerprint density at radius 1 is 1.13 bits per heavy atom. The van der Waals surface area contributed by atoms with Gasteiger partial charge >= 0.3 is 0 Å². The maximum absolute atomic E-state index is 6.17. The van der Waals surface area contributed by atoms with Crippen LogP contribution in [0.4, 0.5) is 5.95 Å². The number of nitrogen functional groups attached to an aromatic ring is 1. The Morgan fingerprint density at radius 3 is 2.58 bits per heavy atom. The molecule has 9 heteroatoms. The van der Waals surface area contributed by atoms with Crippen molar-refractivity contribution in [3.63, 3.8) is 0 Å². The highest BCUT2D eigenvalue weighted by Crippen LogP contribution is 2.47. The number of hydrogen-bond donors (Lipinski definition) is 2. The maximum Gasteiger partial charge on any atom is 0.223 e. The molecule has 3 aromatic heterocycles. The highest BCUT2D eigenvalue weighted by Gasteiger charge is 2.36. The first-order valence-electron chi connectivity index (χ1n) is 10.4. The van der Waals surface area contributed by atoms with Gasteiger partial charge in [0.1, 0.15) is 11.3 Å². The minimum absolute atomic E-state index is 0.247. The predicted octanol–water partition coefficient (Wildman–Crippen LogP) is 2.82. The molecule has 1 saturated carbocycles.